The molecule has 18 heavy (non-hydrogen) atoms. The largest absolute Gasteiger partial charge is 0.441 e. The van der Waals surface area contributed by atoms with E-state index in [1.165, 1.54) is 0 Å². The molecule has 0 spiro atoms. The van der Waals surface area contributed by atoms with Crippen molar-refractivity contribution in [1.82, 2.24) is 5.32 Å². The van der Waals surface area contributed by atoms with Gasteiger partial charge in [-0.3, -0.25) is 4.79 Å². The van der Waals surface area contributed by atoms with Crippen molar-refractivity contribution in [3.8, 4) is 0 Å². The normalized spacial score (nSPS) is 15.2. The van der Waals surface area contributed by atoms with E-state index >= 15 is 0 Å². The molecule has 0 saturated carbocycles. The van der Waals surface area contributed by atoms with Gasteiger partial charge >= 0.3 is 5.51 Å². The first-order valence-corrected chi connectivity index (χ1v) is 6.95. The fraction of sp³-hybridized carbons (Fsp3) is 0.909. The first-order valence-electron chi connectivity index (χ1n) is 5.96. The number of hydrogen-bond acceptors (Lipinski definition) is 3. The molecule has 0 fully saturated rings. The van der Waals surface area contributed by atoms with Crippen molar-refractivity contribution < 1.29 is 18.0 Å². The third-order valence-electron chi connectivity index (χ3n) is 2.41. The highest BCUT2D eigenvalue weighted by molar-refractivity contribution is 8.00. The maximum atomic E-state index is 11.8. The maximum Gasteiger partial charge on any atom is 0.441 e. The highest BCUT2D eigenvalue weighted by Gasteiger charge is 2.27. The summed E-state index contributed by atoms with van der Waals surface area (Å²) < 4.78 is 35.5. The number of amides is 1. The monoisotopic (exact) mass is 286 g/mol. The SMILES string of the molecule is CC(N)CCCC(C)C(=O)NCCSC(F)(F)F. The Hall–Kier alpha value is -0.430. The van der Waals surface area contributed by atoms with Gasteiger partial charge in [-0.05, 0) is 31.5 Å². The Kier molecular flexibility index (Phi) is 8.43. The molecule has 0 aromatic heterocycles. The van der Waals surface area contributed by atoms with Crippen molar-refractivity contribution in [3.63, 3.8) is 0 Å². The molecule has 3 N–H and O–H groups in total. The first kappa shape index (κ1) is 17.6. The number of nitrogens with one attached hydrogen (secondary N) is 1. The summed E-state index contributed by atoms with van der Waals surface area (Å²) in [6, 6.07) is 0.114. The van der Waals surface area contributed by atoms with Gasteiger partial charge in [0.2, 0.25) is 5.91 Å². The van der Waals surface area contributed by atoms with Gasteiger partial charge in [0.15, 0.2) is 0 Å². The van der Waals surface area contributed by atoms with Gasteiger partial charge in [0.25, 0.3) is 0 Å². The van der Waals surface area contributed by atoms with E-state index in [0.717, 1.165) is 12.8 Å². The van der Waals surface area contributed by atoms with Crippen LogP contribution in [-0.2, 0) is 4.79 Å². The maximum absolute atomic E-state index is 11.8. The summed E-state index contributed by atoms with van der Waals surface area (Å²) in [6.45, 7) is 3.72. The molecule has 0 aromatic carbocycles. The molecular weight excluding hydrogens is 265 g/mol. The van der Waals surface area contributed by atoms with Gasteiger partial charge in [0.05, 0.1) is 0 Å². The van der Waals surface area contributed by atoms with Crippen molar-refractivity contribution in [2.24, 2.45) is 11.7 Å². The second kappa shape index (κ2) is 8.63. The molecule has 0 aliphatic rings. The van der Waals surface area contributed by atoms with Crippen LogP contribution in [0.2, 0.25) is 0 Å². The zero-order valence-electron chi connectivity index (χ0n) is 10.7. The molecule has 0 rings (SSSR count). The van der Waals surface area contributed by atoms with E-state index < -0.39 is 5.51 Å². The number of hydrogen-bond donors (Lipinski definition) is 2. The summed E-state index contributed by atoms with van der Waals surface area (Å²) >= 11 is -0.122. The number of nitrogens with two attached hydrogens (primary N) is 1. The Labute approximate surface area is 110 Å². The molecule has 108 valence electrons. The van der Waals surface area contributed by atoms with Crippen molar-refractivity contribution in [2.75, 3.05) is 12.3 Å². The summed E-state index contributed by atoms with van der Waals surface area (Å²) in [7, 11) is 0. The van der Waals surface area contributed by atoms with Crippen LogP contribution in [0.25, 0.3) is 0 Å². The summed E-state index contributed by atoms with van der Waals surface area (Å²) in [5.74, 6) is -0.524. The topological polar surface area (TPSA) is 55.1 Å². The van der Waals surface area contributed by atoms with Gasteiger partial charge in [-0.25, -0.2) is 0 Å². The van der Waals surface area contributed by atoms with E-state index in [9.17, 15) is 18.0 Å². The van der Waals surface area contributed by atoms with Crippen molar-refractivity contribution in [2.45, 2.75) is 44.7 Å². The fourth-order valence-electron chi connectivity index (χ4n) is 1.39. The molecule has 0 bridgehead atoms. The van der Waals surface area contributed by atoms with Gasteiger partial charge < -0.3 is 11.1 Å². The molecule has 0 saturated heterocycles. The van der Waals surface area contributed by atoms with E-state index in [1.54, 1.807) is 6.92 Å². The minimum Gasteiger partial charge on any atom is -0.355 e. The Morgan fingerprint density at radius 2 is 1.94 bits per heavy atom. The second-order valence-corrected chi connectivity index (χ2v) is 5.55. The number of carbonyl (C=O) groups excluding carboxylic acids is 1. The van der Waals surface area contributed by atoms with Crippen LogP contribution in [0.5, 0.6) is 0 Å². The predicted octanol–water partition coefficient (Wildman–Crippen LogP) is 2.51. The minimum absolute atomic E-state index is 0.0423. The van der Waals surface area contributed by atoms with Crippen LogP contribution in [0.3, 0.4) is 0 Å². The summed E-state index contributed by atoms with van der Waals surface area (Å²) in [5.41, 5.74) is 1.36. The van der Waals surface area contributed by atoms with E-state index in [2.05, 4.69) is 5.32 Å². The lowest BCUT2D eigenvalue weighted by Gasteiger charge is -2.13. The predicted molar refractivity (Wildman–Crippen MR) is 68.2 cm³/mol. The fourth-order valence-corrected chi connectivity index (χ4v) is 1.83. The number of carbonyl (C=O) groups is 1. The van der Waals surface area contributed by atoms with Crippen molar-refractivity contribution >= 4 is 17.7 Å². The molecule has 3 nitrogen and oxygen atoms in total. The molecule has 1 amide bonds. The van der Waals surface area contributed by atoms with E-state index in [4.69, 9.17) is 5.73 Å². The molecule has 2 atom stereocenters. The van der Waals surface area contributed by atoms with E-state index in [-0.39, 0.29) is 41.9 Å². The molecule has 7 heteroatoms. The van der Waals surface area contributed by atoms with Gasteiger partial charge in [-0.2, -0.15) is 13.2 Å². The second-order valence-electron chi connectivity index (χ2n) is 4.39. The minimum atomic E-state index is -4.23. The smallest absolute Gasteiger partial charge is 0.355 e. The van der Waals surface area contributed by atoms with Crippen LogP contribution in [0.1, 0.15) is 33.1 Å². The molecule has 0 aliphatic heterocycles. The number of alkyl halides is 3. The highest BCUT2D eigenvalue weighted by Crippen LogP contribution is 2.29. The zero-order chi connectivity index (χ0) is 14.2. The molecular formula is C11H21F3N2OS. The van der Waals surface area contributed by atoms with Crippen molar-refractivity contribution in [3.05, 3.63) is 0 Å². The quantitative estimate of drug-likeness (QED) is 0.674. The van der Waals surface area contributed by atoms with Crippen LogP contribution < -0.4 is 11.1 Å². The average molecular weight is 286 g/mol. The Morgan fingerprint density at radius 3 is 2.44 bits per heavy atom. The van der Waals surface area contributed by atoms with E-state index in [0.29, 0.717) is 6.42 Å². The molecule has 0 heterocycles. The highest BCUT2D eigenvalue weighted by atomic mass is 32.2. The Morgan fingerprint density at radius 1 is 1.33 bits per heavy atom. The molecule has 0 aromatic rings. The lowest BCUT2D eigenvalue weighted by molar-refractivity contribution is -0.124. The zero-order valence-corrected chi connectivity index (χ0v) is 11.5. The van der Waals surface area contributed by atoms with Crippen LogP contribution in [-0.4, -0.2) is 29.8 Å². The Balaban J connectivity index is 3.62. The van der Waals surface area contributed by atoms with Crippen LogP contribution in [0, 0.1) is 5.92 Å². The molecule has 0 radical (unpaired) electrons. The van der Waals surface area contributed by atoms with Crippen LogP contribution in [0.4, 0.5) is 13.2 Å². The summed E-state index contributed by atoms with van der Waals surface area (Å²) in [5, 5.41) is 2.50. The summed E-state index contributed by atoms with van der Waals surface area (Å²) in [4.78, 5) is 11.5. The lowest BCUT2D eigenvalue weighted by Crippen LogP contribution is -2.31. The number of thioether (sulfide) groups is 1. The van der Waals surface area contributed by atoms with Gasteiger partial charge in [0.1, 0.15) is 0 Å². The van der Waals surface area contributed by atoms with Gasteiger partial charge in [0, 0.05) is 24.3 Å². The Bertz CT molecular complexity index is 247. The standard InChI is InChI=1S/C11H21F3N2OS/c1-8(4-3-5-9(2)15)10(17)16-6-7-18-11(12,13)14/h8-9H,3-7,15H2,1-2H3,(H,16,17). The van der Waals surface area contributed by atoms with Gasteiger partial charge in [-0.1, -0.05) is 13.3 Å². The lowest BCUT2D eigenvalue weighted by atomic mass is 10.0. The molecule has 2 unspecified atom stereocenters. The number of halogens is 3. The van der Waals surface area contributed by atoms with Crippen molar-refractivity contribution in [1.29, 1.82) is 0 Å². The third kappa shape index (κ3) is 10.7. The third-order valence-corrected chi connectivity index (χ3v) is 3.15. The molecule has 0 aliphatic carbocycles. The van der Waals surface area contributed by atoms with Crippen LogP contribution >= 0.6 is 11.8 Å². The van der Waals surface area contributed by atoms with Crippen LogP contribution in [0.15, 0.2) is 0 Å². The average Bonchev–Trinajstić information content (AvgIpc) is 2.22. The number of rotatable bonds is 8. The van der Waals surface area contributed by atoms with E-state index in [1.807, 2.05) is 6.92 Å². The summed E-state index contributed by atoms with van der Waals surface area (Å²) in [6.07, 6.45) is 2.41. The first-order chi connectivity index (χ1) is 8.22. The van der Waals surface area contributed by atoms with Gasteiger partial charge in [-0.15, -0.1) is 0 Å².